The number of para-hydroxylation sites is 1. The number of anilines is 1. The quantitative estimate of drug-likeness (QED) is 0.693. The number of halogens is 1. The molecule has 3 aromatic rings. The Hall–Kier alpha value is -1.90. The van der Waals surface area contributed by atoms with E-state index >= 15 is 0 Å². The second-order valence-corrected chi connectivity index (χ2v) is 7.84. The van der Waals surface area contributed by atoms with Crippen LogP contribution in [0.5, 0.6) is 0 Å². The molecule has 0 saturated carbocycles. The van der Waals surface area contributed by atoms with Crippen LogP contribution < -0.4 is 4.90 Å². The molecule has 2 aromatic heterocycles. The number of rotatable bonds is 4. The molecule has 0 unspecified atom stereocenters. The largest absolute Gasteiger partial charge is 0.381 e. The first-order valence-corrected chi connectivity index (χ1v) is 9.73. The average Bonchev–Trinajstić information content (AvgIpc) is 3.30. The van der Waals surface area contributed by atoms with E-state index < -0.39 is 0 Å². The summed E-state index contributed by atoms with van der Waals surface area (Å²) < 4.78 is 20.1. The van der Waals surface area contributed by atoms with Crippen molar-refractivity contribution in [3.63, 3.8) is 0 Å². The third kappa shape index (κ3) is 3.42. The van der Waals surface area contributed by atoms with Crippen LogP contribution >= 0.6 is 22.7 Å². The number of thiazole rings is 2. The van der Waals surface area contributed by atoms with E-state index in [9.17, 15) is 9.18 Å². The Labute approximate surface area is 152 Å². The summed E-state index contributed by atoms with van der Waals surface area (Å²) in [5, 5.41) is 0.532. The molecule has 1 saturated heterocycles. The minimum absolute atomic E-state index is 0.0242. The third-order valence-corrected chi connectivity index (χ3v) is 6.03. The molecule has 4 rings (SSSR count). The molecular weight excluding hydrogens is 361 g/mol. The summed E-state index contributed by atoms with van der Waals surface area (Å²) in [7, 11) is 0. The van der Waals surface area contributed by atoms with Gasteiger partial charge in [0.05, 0.1) is 16.8 Å². The van der Waals surface area contributed by atoms with E-state index in [1.165, 1.54) is 28.7 Å². The number of aromatic nitrogens is 2. The molecule has 1 fully saturated rings. The zero-order valence-electron chi connectivity index (χ0n) is 13.4. The van der Waals surface area contributed by atoms with Gasteiger partial charge in [0.15, 0.2) is 5.13 Å². The fourth-order valence-electron chi connectivity index (χ4n) is 2.90. The van der Waals surface area contributed by atoms with Crippen LogP contribution in [0.4, 0.5) is 9.52 Å². The molecule has 1 aromatic carbocycles. The first-order chi connectivity index (χ1) is 12.2. The summed E-state index contributed by atoms with van der Waals surface area (Å²) in [5.74, 6) is -0.425. The standard InChI is InChI=1S/C17H16FN3O2S2/c18-13-2-1-3-14-15(13)20-17(25-14)21(9-12-8-19-10-24-12)16(22)11-4-6-23-7-5-11/h1-3,8,10-11H,4-7,9H2. The average molecular weight is 377 g/mol. The molecule has 8 heteroatoms. The number of nitrogens with zero attached hydrogens (tertiary/aromatic N) is 3. The maximum Gasteiger partial charge on any atom is 0.232 e. The van der Waals surface area contributed by atoms with Gasteiger partial charge in [-0.3, -0.25) is 14.7 Å². The van der Waals surface area contributed by atoms with Gasteiger partial charge < -0.3 is 4.74 Å². The zero-order chi connectivity index (χ0) is 17.2. The number of fused-ring (bicyclic) bond motifs is 1. The fourth-order valence-corrected chi connectivity index (χ4v) is 4.47. The maximum atomic E-state index is 14.0. The van der Waals surface area contributed by atoms with Crippen LogP contribution in [0.2, 0.25) is 0 Å². The Kier molecular flexibility index (Phi) is 4.74. The molecule has 0 aliphatic carbocycles. The summed E-state index contributed by atoms with van der Waals surface area (Å²) in [5.41, 5.74) is 2.06. The van der Waals surface area contributed by atoms with E-state index in [1.54, 1.807) is 22.7 Å². The van der Waals surface area contributed by atoms with Gasteiger partial charge in [0.25, 0.3) is 0 Å². The van der Waals surface area contributed by atoms with Gasteiger partial charge in [-0.15, -0.1) is 11.3 Å². The van der Waals surface area contributed by atoms with E-state index in [2.05, 4.69) is 9.97 Å². The second-order valence-electron chi connectivity index (χ2n) is 5.86. The smallest absolute Gasteiger partial charge is 0.232 e. The van der Waals surface area contributed by atoms with Crippen LogP contribution in [-0.4, -0.2) is 29.1 Å². The summed E-state index contributed by atoms with van der Waals surface area (Å²) in [4.78, 5) is 24.3. The molecule has 130 valence electrons. The van der Waals surface area contributed by atoms with Crippen LogP contribution in [0.15, 0.2) is 29.9 Å². The Morgan fingerprint density at radius 1 is 1.36 bits per heavy atom. The highest BCUT2D eigenvalue weighted by atomic mass is 32.1. The molecule has 1 amide bonds. The van der Waals surface area contributed by atoms with E-state index in [0.717, 1.165) is 9.58 Å². The lowest BCUT2D eigenvalue weighted by Crippen LogP contribution is -2.38. The van der Waals surface area contributed by atoms with E-state index in [1.807, 2.05) is 6.07 Å². The molecule has 0 bridgehead atoms. The van der Waals surface area contributed by atoms with Crippen molar-refractivity contribution in [3.8, 4) is 0 Å². The summed E-state index contributed by atoms with van der Waals surface area (Å²) in [6.07, 6.45) is 3.16. The topological polar surface area (TPSA) is 55.3 Å². The van der Waals surface area contributed by atoms with Gasteiger partial charge in [0.1, 0.15) is 11.3 Å². The first-order valence-electron chi connectivity index (χ1n) is 8.04. The zero-order valence-corrected chi connectivity index (χ0v) is 15.0. The molecule has 1 aliphatic rings. The third-order valence-electron chi connectivity index (χ3n) is 4.22. The number of hydrogen-bond donors (Lipinski definition) is 0. The summed E-state index contributed by atoms with van der Waals surface area (Å²) >= 11 is 2.83. The van der Waals surface area contributed by atoms with Crippen LogP contribution in [0, 0.1) is 11.7 Å². The maximum absolute atomic E-state index is 14.0. The van der Waals surface area contributed by atoms with Crippen molar-refractivity contribution in [1.82, 2.24) is 9.97 Å². The predicted octanol–water partition coefficient (Wildman–Crippen LogP) is 3.85. The van der Waals surface area contributed by atoms with Gasteiger partial charge in [-0.2, -0.15) is 0 Å². The molecule has 0 radical (unpaired) electrons. The fraction of sp³-hybridized carbons (Fsp3) is 0.353. The number of carbonyl (C=O) groups excluding carboxylic acids is 1. The van der Waals surface area contributed by atoms with Gasteiger partial charge in [-0.25, -0.2) is 9.37 Å². The van der Waals surface area contributed by atoms with Crippen molar-refractivity contribution in [2.45, 2.75) is 19.4 Å². The molecule has 0 N–H and O–H groups in total. The minimum atomic E-state index is -0.365. The van der Waals surface area contributed by atoms with Crippen molar-refractivity contribution in [2.24, 2.45) is 5.92 Å². The predicted molar refractivity (Wildman–Crippen MR) is 96.4 cm³/mol. The Morgan fingerprint density at radius 2 is 2.20 bits per heavy atom. The lowest BCUT2D eigenvalue weighted by Gasteiger charge is -2.27. The minimum Gasteiger partial charge on any atom is -0.381 e. The summed E-state index contributed by atoms with van der Waals surface area (Å²) in [6.45, 7) is 1.60. The van der Waals surface area contributed by atoms with Crippen molar-refractivity contribution in [1.29, 1.82) is 0 Å². The van der Waals surface area contributed by atoms with Gasteiger partial charge in [0, 0.05) is 30.2 Å². The van der Waals surface area contributed by atoms with Gasteiger partial charge in [-0.05, 0) is 25.0 Å². The molecule has 5 nitrogen and oxygen atoms in total. The van der Waals surface area contributed by atoms with E-state index in [-0.39, 0.29) is 17.6 Å². The molecular formula is C17H16FN3O2S2. The number of ether oxygens (including phenoxy) is 1. The lowest BCUT2D eigenvalue weighted by atomic mass is 9.99. The molecule has 0 atom stereocenters. The van der Waals surface area contributed by atoms with Gasteiger partial charge >= 0.3 is 0 Å². The van der Waals surface area contributed by atoms with Gasteiger partial charge in [-0.1, -0.05) is 17.4 Å². The molecule has 3 heterocycles. The number of carbonyl (C=O) groups is 1. The normalized spacial score (nSPS) is 15.6. The van der Waals surface area contributed by atoms with Crippen molar-refractivity contribution >= 4 is 43.9 Å². The highest BCUT2D eigenvalue weighted by Gasteiger charge is 2.29. The van der Waals surface area contributed by atoms with Crippen molar-refractivity contribution in [3.05, 3.63) is 40.6 Å². The Morgan fingerprint density at radius 3 is 2.92 bits per heavy atom. The molecule has 25 heavy (non-hydrogen) atoms. The molecule has 1 aliphatic heterocycles. The van der Waals surface area contributed by atoms with Gasteiger partial charge in [0.2, 0.25) is 5.91 Å². The first kappa shape index (κ1) is 16.6. The van der Waals surface area contributed by atoms with Crippen molar-refractivity contribution in [2.75, 3.05) is 18.1 Å². The number of amides is 1. The van der Waals surface area contributed by atoms with Crippen molar-refractivity contribution < 1.29 is 13.9 Å². The number of hydrogen-bond acceptors (Lipinski definition) is 6. The second kappa shape index (κ2) is 7.15. The SMILES string of the molecule is O=C(C1CCOCC1)N(Cc1cncs1)c1nc2c(F)cccc2s1. The van der Waals surface area contributed by atoms with Crippen LogP contribution in [-0.2, 0) is 16.1 Å². The lowest BCUT2D eigenvalue weighted by molar-refractivity contribution is -0.125. The van der Waals surface area contributed by atoms with Crippen LogP contribution in [0.25, 0.3) is 10.2 Å². The van der Waals surface area contributed by atoms with E-state index in [4.69, 9.17) is 4.74 Å². The Balaban J connectivity index is 1.70. The highest BCUT2D eigenvalue weighted by Crippen LogP contribution is 2.33. The monoisotopic (exact) mass is 377 g/mol. The Bertz CT molecular complexity index is 875. The highest BCUT2D eigenvalue weighted by molar-refractivity contribution is 7.22. The molecule has 0 spiro atoms. The van der Waals surface area contributed by atoms with Crippen LogP contribution in [0.1, 0.15) is 17.7 Å². The van der Waals surface area contributed by atoms with E-state index in [0.29, 0.717) is 43.2 Å². The summed E-state index contributed by atoms with van der Waals surface area (Å²) in [6, 6.07) is 4.87. The number of benzene rings is 1. The van der Waals surface area contributed by atoms with Crippen LogP contribution in [0.3, 0.4) is 0 Å².